The van der Waals surface area contributed by atoms with E-state index in [4.69, 9.17) is 4.74 Å². The highest BCUT2D eigenvalue weighted by Crippen LogP contribution is 2.23. The van der Waals surface area contributed by atoms with Gasteiger partial charge in [0.05, 0.1) is 18.0 Å². The van der Waals surface area contributed by atoms with Crippen LogP contribution in [0.2, 0.25) is 0 Å². The number of thioether (sulfide) groups is 1. The normalized spacial score (nSPS) is 11.8. The zero-order valence-electron chi connectivity index (χ0n) is 14.8. The summed E-state index contributed by atoms with van der Waals surface area (Å²) in [7, 11) is 1.60. The fourth-order valence-corrected chi connectivity index (χ4v) is 3.14. The maximum Gasteiger partial charge on any atom is 0.233 e. The third-order valence-electron chi connectivity index (χ3n) is 3.77. The van der Waals surface area contributed by atoms with Gasteiger partial charge in [0.1, 0.15) is 11.6 Å². The highest BCUT2D eigenvalue weighted by Gasteiger charge is 2.19. The summed E-state index contributed by atoms with van der Waals surface area (Å²) in [5, 5.41) is 14.3. The molecule has 0 fully saturated rings. The second-order valence-corrected chi connectivity index (χ2v) is 6.99. The average Bonchev–Trinajstić information content (AvgIpc) is 3.14. The summed E-state index contributed by atoms with van der Waals surface area (Å²) in [4.78, 5) is 12.4. The van der Waals surface area contributed by atoms with Crippen molar-refractivity contribution in [2.45, 2.75) is 23.9 Å². The summed E-state index contributed by atoms with van der Waals surface area (Å²) < 4.78 is 19.9. The summed E-state index contributed by atoms with van der Waals surface area (Å²) in [5.74, 6) is 0.229. The third-order valence-corrected chi connectivity index (χ3v) is 4.80. The number of amides is 1. The third kappa shape index (κ3) is 4.82. The Hall–Kier alpha value is -2.94. The Balaban J connectivity index is 1.61. The van der Waals surface area contributed by atoms with Gasteiger partial charge in [-0.1, -0.05) is 30.0 Å². The van der Waals surface area contributed by atoms with Gasteiger partial charge < -0.3 is 10.1 Å². The number of hydrogen-bond acceptors (Lipinski definition) is 6. The van der Waals surface area contributed by atoms with Gasteiger partial charge in [-0.15, -0.1) is 5.10 Å². The fourth-order valence-electron chi connectivity index (χ4n) is 2.31. The van der Waals surface area contributed by atoms with E-state index < -0.39 is 5.25 Å². The molecule has 1 atom stereocenters. The highest BCUT2D eigenvalue weighted by molar-refractivity contribution is 8.00. The summed E-state index contributed by atoms with van der Waals surface area (Å²) in [5.41, 5.74) is 1.46. The Morgan fingerprint density at radius 1 is 1.30 bits per heavy atom. The van der Waals surface area contributed by atoms with Crippen LogP contribution in [0.5, 0.6) is 5.75 Å². The molecular formula is C18H18FN5O2S. The van der Waals surface area contributed by atoms with Crippen LogP contribution in [0.3, 0.4) is 0 Å². The monoisotopic (exact) mass is 387 g/mol. The van der Waals surface area contributed by atoms with Crippen LogP contribution in [0.4, 0.5) is 4.39 Å². The largest absolute Gasteiger partial charge is 0.497 e. The zero-order valence-corrected chi connectivity index (χ0v) is 15.6. The SMILES string of the molecule is COc1ccc(CNC(=O)[C@H](C)Sc2nnnn2-c2cccc(F)c2)cc1. The second-order valence-electron chi connectivity index (χ2n) is 5.68. The van der Waals surface area contributed by atoms with Gasteiger partial charge in [0.2, 0.25) is 11.1 Å². The molecule has 0 bridgehead atoms. The smallest absolute Gasteiger partial charge is 0.233 e. The van der Waals surface area contributed by atoms with Crippen molar-refractivity contribution in [3.8, 4) is 11.4 Å². The highest BCUT2D eigenvalue weighted by atomic mass is 32.2. The Bertz CT molecular complexity index is 916. The molecule has 27 heavy (non-hydrogen) atoms. The molecule has 3 aromatic rings. The Kier molecular flexibility index (Phi) is 6.02. The van der Waals surface area contributed by atoms with E-state index in [1.165, 1.54) is 28.6 Å². The van der Waals surface area contributed by atoms with Gasteiger partial charge in [0, 0.05) is 6.54 Å². The first-order chi connectivity index (χ1) is 13.1. The predicted octanol–water partition coefficient (Wildman–Crippen LogP) is 2.61. The van der Waals surface area contributed by atoms with E-state index in [1.807, 2.05) is 24.3 Å². The van der Waals surface area contributed by atoms with Gasteiger partial charge in [0.25, 0.3) is 0 Å². The number of halogens is 1. The van der Waals surface area contributed by atoms with Crippen LogP contribution in [-0.4, -0.2) is 38.5 Å². The second kappa shape index (κ2) is 8.63. The molecule has 0 saturated carbocycles. The maximum absolute atomic E-state index is 13.4. The van der Waals surface area contributed by atoms with Crippen molar-refractivity contribution in [3.05, 3.63) is 59.9 Å². The Morgan fingerprint density at radius 2 is 2.07 bits per heavy atom. The molecule has 0 spiro atoms. The number of rotatable bonds is 7. The first-order valence-corrected chi connectivity index (χ1v) is 9.06. The van der Waals surface area contributed by atoms with Crippen LogP contribution in [0.25, 0.3) is 5.69 Å². The number of ether oxygens (including phenoxy) is 1. The first kappa shape index (κ1) is 18.8. The number of nitrogens with zero attached hydrogens (tertiary/aromatic N) is 4. The van der Waals surface area contributed by atoms with Crippen molar-refractivity contribution >= 4 is 17.7 Å². The topological polar surface area (TPSA) is 81.9 Å². The lowest BCUT2D eigenvalue weighted by Gasteiger charge is -2.12. The molecule has 2 aromatic carbocycles. The first-order valence-electron chi connectivity index (χ1n) is 8.18. The average molecular weight is 387 g/mol. The van der Waals surface area contributed by atoms with Gasteiger partial charge in [0.15, 0.2) is 0 Å². The van der Waals surface area contributed by atoms with Crippen molar-refractivity contribution in [2.75, 3.05) is 7.11 Å². The van der Waals surface area contributed by atoms with E-state index >= 15 is 0 Å². The quantitative estimate of drug-likeness (QED) is 0.628. The molecule has 140 valence electrons. The van der Waals surface area contributed by atoms with Gasteiger partial charge in [-0.05, 0) is 53.2 Å². The van der Waals surface area contributed by atoms with Gasteiger partial charge in [-0.25, -0.2) is 4.39 Å². The van der Waals surface area contributed by atoms with Crippen LogP contribution < -0.4 is 10.1 Å². The summed E-state index contributed by atoms with van der Waals surface area (Å²) >= 11 is 1.20. The number of nitrogens with one attached hydrogen (secondary N) is 1. The molecule has 0 radical (unpaired) electrons. The molecule has 0 aliphatic heterocycles. The lowest BCUT2D eigenvalue weighted by Crippen LogP contribution is -2.30. The number of methoxy groups -OCH3 is 1. The van der Waals surface area contributed by atoms with E-state index in [0.717, 1.165) is 11.3 Å². The molecule has 0 aliphatic rings. The molecule has 0 aliphatic carbocycles. The Morgan fingerprint density at radius 3 is 2.78 bits per heavy atom. The van der Waals surface area contributed by atoms with Crippen LogP contribution in [0, 0.1) is 5.82 Å². The molecular weight excluding hydrogens is 369 g/mol. The minimum absolute atomic E-state index is 0.149. The summed E-state index contributed by atoms with van der Waals surface area (Å²) in [6.07, 6.45) is 0. The van der Waals surface area contributed by atoms with E-state index in [1.54, 1.807) is 26.2 Å². The number of carbonyl (C=O) groups excluding carboxylic acids is 1. The summed E-state index contributed by atoms with van der Waals surface area (Å²) in [6.45, 7) is 2.17. The predicted molar refractivity (Wildman–Crippen MR) is 99.3 cm³/mol. The lowest BCUT2D eigenvalue weighted by molar-refractivity contribution is -0.120. The minimum atomic E-state index is -0.429. The van der Waals surface area contributed by atoms with Crippen LogP contribution in [-0.2, 0) is 11.3 Å². The van der Waals surface area contributed by atoms with Crippen molar-refractivity contribution < 1.29 is 13.9 Å². The van der Waals surface area contributed by atoms with Crippen LogP contribution in [0.15, 0.2) is 53.7 Å². The zero-order chi connectivity index (χ0) is 19.2. The molecule has 3 rings (SSSR count). The van der Waals surface area contributed by atoms with Crippen molar-refractivity contribution in [3.63, 3.8) is 0 Å². The van der Waals surface area contributed by atoms with Gasteiger partial charge >= 0.3 is 0 Å². The van der Waals surface area contributed by atoms with Crippen LogP contribution >= 0.6 is 11.8 Å². The molecule has 0 saturated heterocycles. The van der Waals surface area contributed by atoms with Gasteiger partial charge in [-0.2, -0.15) is 4.68 Å². The fraction of sp³-hybridized carbons (Fsp3) is 0.222. The van der Waals surface area contributed by atoms with E-state index in [0.29, 0.717) is 17.4 Å². The lowest BCUT2D eigenvalue weighted by atomic mass is 10.2. The molecule has 0 unspecified atom stereocenters. The number of carbonyl (C=O) groups is 1. The van der Waals surface area contributed by atoms with Crippen molar-refractivity contribution in [1.29, 1.82) is 0 Å². The van der Waals surface area contributed by atoms with Crippen LogP contribution in [0.1, 0.15) is 12.5 Å². The van der Waals surface area contributed by atoms with Gasteiger partial charge in [-0.3, -0.25) is 4.79 Å². The molecule has 9 heteroatoms. The minimum Gasteiger partial charge on any atom is -0.497 e. The maximum atomic E-state index is 13.4. The number of hydrogen-bond donors (Lipinski definition) is 1. The molecule has 1 N–H and O–H groups in total. The van der Waals surface area contributed by atoms with E-state index in [-0.39, 0.29) is 11.7 Å². The van der Waals surface area contributed by atoms with E-state index in [2.05, 4.69) is 20.8 Å². The summed E-state index contributed by atoms with van der Waals surface area (Å²) in [6, 6.07) is 13.4. The standard InChI is InChI=1S/C18H18FN5O2S/c1-12(17(25)20-11-13-6-8-16(26-2)9-7-13)27-18-21-22-23-24(18)15-5-3-4-14(19)10-15/h3-10,12H,11H2,1-2H3,(H,20,25)/t12-/m0/s1. The number of benzene rings is 2. The van der Waals surface area contributed by atoms with Crippen molar-refractivity contribution in [2.24, 2.45) is 0 Å². The molecule has 1 heterocycles. The van der Waals surface area contributed by atoms with Crippen molar-refractivity contribution in [1.82, 2.24) is 25.5 Å². The Labute approximate surface area is 159 Å². The molecule has 1 amide bonds. The molecule has 7 nitrogen and oxygen atoms in total. The number of tetrazole rings is 1. The molecule has 1 aromatic heterocycles. The van der Waals surface area contributed by atoms with E-state index in [9.17, 15) is 9.18 Å². The number of aromatic nitrogens is 4.